The molecule has 1 fully saturated rings. The number of unbranched alkanes of at least 4 members (excludes halogenated alkanes) is 1. The molecule has 0 N–H and O–H groups in total. The van der Waals surface area contributed by atoms with E-state index in [1.165, 1.54) is 10.3 Å². The van der Waals surface area contributed by atoms with E-state index in [2.05, 4.69) is 41.0 Å². The third-order valence-electron chi connectivity index (χ3n) is 5.97. The molecule has 0 aliphatic carbocycles. The van der Waals surface area contributed by atoms with Crippen molar-refractivity contribution in [2.24, 2.45) is 0 Å². The normalized spacial score (nSPS) is 14.6. The fourth-order valence-electron chi connectivity index (χ4n) is 4.05. The highest BCUT2D eigenvalue weighted by atomic mass is 32.1. The van der Waals surface area contributed by atoms with Gasteiger partial charge in [0.15, 0.2) is 16.6 Å². The van der Waals surface area contributed by atoms with E-state index in [1.807, 2.05) is 12.1 Å². The maximum atomic E-state index is 5.57. The molecule has 0 spiro atoms. The molecule has 3 aromatic rings. The summed E-state index contributed by atoms with van der Waals surface area (Å²) in [4.78, 5) is 9.79. The van der Waals surface area contributed by atoms with E-state index in [0.717, 1.165) is 86.5 Å². The predicted molar refractivity (Wildman–Crippen MR) is 132 cm³/mol. The zero-order chi connectivity index (χ0) is 22.3. The fraction of sp³-hybridized carbons (Fsp3) is 0.480. The second-order valence-corrected chi connectivity index (χ2v) is 9.01. The first-order valence-electron chi connectivity index (χ1n) is 11.4. The summed E-state index contributed by atoms with van der Waals surface area (Å²) in [5.41, 5.74) is 3.47. The molecule has 7 heteroatoms. The molecule has 2 heterocycles. The Labute approximate surface area is 194 Å². The van der Waals surface area contributed by atoms with Crippen molar-refractivity contribution in [3.8, 4) is 11.5 Å². The van der Waals surface area contributed by atoms with E-state index in [-0.39, 0.29) is 0 Å². The standard InChI is InChI=1S/C25H33N3O3S/c1-4-19-7-9-21-24(17-19)32-25(26-21)28(12-6-5-11-27-13-15-31-16-14-27)20-8-10-22(29-2)23(18-20)30-3/h7-10,17-18H,4-6,11-16H2,1-3H3. The van der Waals surface area contributed by atoms with Crippen LogP contribution in [0.25, 0.3) is 10.2 Å². The van der Waals surface area contributed by atoms with Crippen LogP contribution in [0.1, 0.15) is 25.3 Å². The Hall–Kier alpha value is -2.35. The van der Waals surface area contributed by atoms with Crippen molar-refractivity contribution >= 4 is 32.4 Å². The Balaban J connectivity index is 1.56. The third kappa shape index (κ3) is 5.34. The molecule has 172 valence electrons. The summed E-state index contributed by atoms with van der Waals surface area (Å²) >= 11 is 1.76. The van der Waals surface area contributed by atoms with Crippen molar-refractivity contribution in [2.45, 2.75) is 26.2 Å². The zero-order valence-electron chi connectivity index (χ0n) is 19.3. The van der Waals surface area contributed by atoms with Gasteiger partial charge in [0, 0.05) is 31.4 Å². The number of benzene rings is 2. The topological polar surface area (TPSA) is 47.1 Å². The lowest BCUT2D eigenvalue weighted by atomic mass is 10.2. The Morgan fingerprint density at radius 1 is 1.03 bits per heavy atom. The highest BCUT2D eigenvalue weighted by molar-refractivity contribution is 7.22. The second kappa shape index (κ2) is 11.0. The minimum absolute atomic E-state index is 0.734. The molecule has 1 aliphatic heterocycles. The molecular formula is C25H33N3O3S. The van der Waals surface area contributed by atoms with Gasteiger partial charge >= 0.3 is 0 Å². The Morgan fingerprint density at radius 3 is 2.59 bits per heavy atom. The summed E-state index contributed by atoms with van der Waals surface area (Å²) < 4.78 is 17.7. The quantitative estimate of drug-likeness (QED) is 0.395. The fourth-order valence-corrected chi connectivity index (χ4v) is 5.13. The number of anilines is 2. The van der Waals surface area contributed by atoms with E-state index in [1.54, 1.807) is 25.6 Å². The molecule has 32 heavy (non-hydrogen) atoms. The van der Waals surface area contributed by atoms with Crippen molar-refractivity contribution in [2.75, 3.05) is 58.5 Å². The number of morpholine rings is 1. The molecule has 2 aromatic carbocycles. The van der Waals surface area contributed by atoms with E-state index < -0.39 is 0 Å². The molecule has 4 rings (SSSR count). The number of aryl methyl sites for hydroxylation is 1. The largest absolute Gasteiger partial charge is 0.493 e. The van der Waals surface area contributed by atoms with E-state index in [9.17, 15) is 0 Å². The van der Waals surface area contributed by atoms with Crippen LogP contribution >= 0.6 is 11.3 Å². The maximum Gasteiger partial charge on any atom is 0.190 e. The molecule has 1 saturated heterocycles. The number of hydrogen-bond acceptors (Lipinski definition) is 7. The van der Waals surface area contributed by atoms with Gasteiger partial charge in [-0.05, 0) is 55.6 Å². The average molecular weight is 456 g/mol. The molecule has 1 aliphatic rings. The summed E-state index contributed by atoms with van der Waals surface area (Å²) in [6, 6.07) is 12.7. The highest BCUT2D eigenvalue weighted by Crippen LogP contribution is 2.38. The number of fused-ring (bicyclic) bond motifs is 1. The smallest absolute Gasteiger partial charge is 0.190 e. The lowest BCUT2D eigenvalue weighted by molar-refractivity contribution is 0.0373. The lowest BCUT2D eigenvalue weighted by Crippen LogP contribution is -2.37. The van der Waals surface area contributed by atoms with Gasteiger partial charge in [-0.25, -0.2) is 4.98 Å². The SMILES string of the molecule is CCc1ccc2nc(N(CCCCN3CCOCC3)c3ccc(OC)c(OC)c3)sc2c1. The van der Waals surface area contributed by atoms with Gasteiger partial charge in [0.05, 0.1) is 37.6 Å². The zero-order valence-corrected chi connectivity index (χ0v) is 20.1. The average Bonchev–Trinajstić information content (AvgIpc) is 3.27. The van der Waals surface area contributed by atoms with E-state index in [0.29, 0.717) is 0 Å². The lowest BCUT2D eigenvalue weighted by Gasteiger charge is -2.27. The minimum atomic E-state index is 0.734. The summed E-state index contributed by atoms with van der Waals surface area (Å²) in [5, 5.41) is 1.02. The van der Waals surface area contributed by atoms with Crippen molar-refractivity contribution in [3.05, 3.63) is 42.0 Å². The molecule has 0 radical (unpaired) electrons. The van der Waals surface area contributed by atoms with Gasteiger partial charge in [0.1, 0.15) is 0 Å². The van der Waals surface area contributed by atoms with Gasteiger partial charge in [-0.1, -0.05) is 24.3 Å². The van der Waals surface area contributed by atoms with Crippen LogP contribution in [0.15, 0.2) is 36.4 Å². The van der Waals surface area contributed by atoms with E-state index in [4.69, 9.17) is 19.2 Å². The molecule has 0 amide bonds. The van der Waals surface area contributed by atoms with Gasteiger partial charge in [-0.2, -0.15) is 0 Å². The van der Waals surface area contributed by atoms with E-state index >= 15 is 0 Å². The molecular weight excluding hydrogens is 422 g/mol. The molecule has 0 saturated carbocycles. The molecule has 0 unspecified atom stereocenters. The number of rotatable bonds is 10. The van der Waals surface area contributed by atoms with Gasteiger partial charge in [-0.15, -0.1) is 0 Å². The summed E-state index contributed by atoms with van der Waals surface area (Å²) in [7, 11) is 3.35. The van der Waals surface area contributed by atoms with Gasteiger partial charge in [-0.3, -0.25) is 4.90 Å². The number of nitrogens with zero attached hydrogens (tertiary/aromatic N) is 3. The summed E-state index contributed by atoms with van der Waals surface area (Å²) in [6.45, 7) is 7.98. The van der Waals surface area contributed by atoms with Crippen LogP contribution in [-0.2, 0) is 11.2 Å². The van der Waals surface area contributed by atoms with Gasteiger partial charge < -0.3 is 19.1 Å². The van der Waals surface area contributed by atoms with Crippen LogP contribution in [-0.4, -0.2) is 63.5 Å². The van der Waals surface area contributed by atoms with Crippen molar-refractivity contribution in [1.82, 2.24) is 9.88 Å². The van der Waals surface area contributed by atoms with Crippen LogP contribution in [0.2, 0.25) is 0 Å². The number of hydrogen-bond donors (Lipinski definition) is 0. The van der Waals surface area contributed by atoms with Crippen LogP contribution in [0.4, 0.5) is 10.8 Å². The number of aromatic nitrogens is 1. The minimum Gasteiger partial charge on any atom is -0.493 e. The summed E-state index contributed by atoms with van der Waals surface area (Å²) in [6.07, 6.45) is 3.26. The van der Waals surface area contributed by atoms with Gasteiger partial charge in [0.2, 0.25) is 0 Å². The van der Waals surface area contributed by atoms with Gasteiger partial charge in [0.25, 0.3) is 0 Å². The van der Waals surface area contributed by atoms with Crippen molar-refractivity contribution in [1.29, 1.82) is 0 Å². The number of ether oxygens (including phenoxy) is 3. The first kappa shape index (κ1) is 22.8. The Morgan fingerprint density at radius 2 is 1.84 bits per heavy atom. The molecule has 0 atom stereocenters. The van der Waals surface area contributed by atoms with Crippen molar-refractivity contribution < 1.29 is 14.2 Å². The molecule has 0 bridgehead atoms. The Kier molecular flexibility index (Phi) is 7.84. The first-order valence-corrected chi connectivity index (χ1v) is 12.2. The summed E-state index contributed by atoms with van der Waals surface area (Å²) in [5.74, 6) is 1.47. The number of thiazole rings is 1. The maximum absolute atomic E-state index is 5.57. The van der Waals surface area contributed by atoms with Crippen LogP contribution in [0, 0.1) is 0 Å². The van der Waals surface area contributed by atoms with Crippen LogP contribution in [0.3, 0.4) is 0 Å². The second-order valence-electron chi connectivity index (χ2n) is 8.00. The third-order valence-corrected chi connectivity index (χ3v) is 7.01. The first-order chi connectivity index (χ1) is 15.7. The number of methoxy groups -OCH3 is 2. The highest BCUT2D eigenvalue weighted by Gasteiger charge is 2.17. The Bertz CT molecular complexity index is 1020. The monoisotopic (exact) mass is 455 g/mol. The van der Waals surface area contributed by atoms with Crippen molar-refractivity contribution in [3.63, 3.8) is 0 Å². The van der Waals surface area contributed by atoms with Crippen LogP contribution < -0.4 is 14.4 Å². The van der Waals surface area contributed by atoms with Crippen LogP contribution in [0.5, 0.6) is 11.5 Å². The predicted octanol–water partition coefficient (Wildman–Crippen LogP) is 5.13. The molecule has 6 nitrogen and oxygen atoms in total. The molecule has 1 aromatic heterocycles.